The summed E-state index contributed by atoms with van der Waals surface area (Å²) in [5.74, 6) is -0.235. The van der Waals surface area contributed by atoms with Crippen molar-refractivity contribution in [2.24, 2.45) is 0 Å². The van der Waals surface area contributed by atoms with E-state index in [4.69, 9.17) is 0 Å². The molecule has 3 rings (SSSR count). The number of hydrogen-bond acceptors (Lipinski definition) is 3. The second-order valence-electron chi connectivity index (χ2n) is 5.61. The summed E-state index contributed by atoms with van der Waals surface area (Å²) in [5.41, 5.74) is 3.03. The van der Waals surface area contributed by atoms with Crippen LogP contribution in [-0.4, -0.2) is 15.9 Å². The Labute approximate surface area is 141 Å². The fraction of sp³-hybridized carbons (Fsp3) is 0.150. The minimum Gasteiger partial charge on any atom is -0.351 e. The van der Waals surface area contributed by atoms with Gasteiger partial charge in [-0.05, 0) is 35.2 Å². The number of aromatic nitrogens is 2. The van der Waals surface area contributed by atoms with Gasteiger partial charge in [-0.2, -0.15) is 0 Å². The van der Waals surface area contributed by atoms with Gasteiger partial charge in [0.2, 0.25) is 5.91 Å². The van der Waals surface area contributed by atoms with Crippen LogP contribution in [0.15, 0.2) is 79.4 Å². The van der Waals surface area contributed by atoms with E-state index in [-0.39, 0.29) is 11.8 Å². The molecular formula is C20H19N3O. The Morgan fingerprint density at radius 3 is 2.17 bits per heavy atom. The summed E-state index contributed by atoms with van der Waals surface area (Å²) in [4.78, 5) is 21.0. The first-order chi connectivity index (χ1) is 11.8. The molecule has 24 heavy (non-hydrogen) atoms. The molecule has 120 valence electrons. The lowest BCUT2D eigenvalue weighted by molar-refractivity contribution is -0.122. The van der Waals surface area contributed by atoms with Crippen molar-refractivity contribution >= 4 is 5.91 Å². The summed E-state index contributed by atoms with van der Waals surface area (Å²) < 4.78 is 0. The Morgan fingerprint density at radius 2 is 1.54 bits per heavy atom. The lowest BCUT2D eigenvalue weighted by Gasteiger charge is -2.17. The molecule has 1 amide bonds. The highest BCUT2D eigenvalue weighted by Gasteiger charge is 2.20. The van der Waals surface area contributed by atoms with Crippen LogP contribution in [0.3, 0.4) is 0 Å². The fourth-order valence-electron chi connectivity index (χ4n) is 2.62. The van der Waals surface area contributed by atoms with E-state index in [0.717, 1.165) is 16.7 Å². The molecule has 1 unspecified atom stereocenters. The standard InChI is InChI=1S/C20H19N3O/c24-20(23-15-17-7-5-11-22-14-17)19(18-8-2-1-3-9-18)12-16-6-4-10-21-13-16/h1-11,13-14,19H,12,15H2,(H,23,24). The van der Waals surface area contributed by atoms with E-state index in [2.05, 4.69) is 15.3 Å². The van der Waals surface area contributed by atoms with Crippen molar-refractivity contribution in [2.75, 3.05) is 0 Å². The topological polar surface area (TPSA) is 54.9 Å². The van der Waals surface area contributed by atoms with Gasteiger partial charge >= 0.3 is 0 Å². The summed E-state index contributed by atoms with van der Waals surface area (Å²) in [6.07, 6.45) is 7.66. The van der Waals surface area contributed by atoms with Crippen molar-refractivity contribution in [2.45, 2.75) is 18.9 Å². The summed E-state index contributed by atoms with van der Waals surface area (Å²) >= 11 is 0. The second-order valence-corrected chi connectivity index (χ2v) is 5.61. The van der Waals surface area contributed by atoms with Gasteiger partial charge in [-0.25, -0.2) is 0 Å². The van der Waals surface area contributed by atoms with E-state index < -0.39 is 0 Å². The summed E-state index contributed by atoms with van der Waals surface area (Å²) in [5, 5.41) is 3.02. The maximum absolute atomic E-state index is 12.8. The van der Waals surface area contributed by atoms with Crippen molar-refractivity contribution in [1.29, 1.82) is 0 Å². The first-order valence-electron chi connectivity index (χ1n) is 7.93. The van der Waals surface area contributed by atoms with Crippen molar-refractivity contribution in [3.05, 3.63) is 96.1 Å². The molecule has 3 aromatic rings. The molecular weight excluding hydrogens is 298 g/mol. The Balaban J connectivity index is 1.75. The van der Waals surface area contributed by atoms with Gasteiger partial charge in [-0.1, -0.05) is 42.5 Å². The number of carbonyl (C=O) groups is 1. The molecule has 1 aromatic carbocycles. The number of benzene rings is 1. The highest BCUT2D eigenvalue weighted by atomic mass is 16.1. The van der Waals surface area contributed by atoms with Crippen LogP contribution in [0.1, 0.15) is 22.6 Å². The normalized spacial score (nSPS) is 11.7. The first-order valence-corrected chi connectivity index (χ1v) is 7.93. The number of nitrogens with zero attached hydrogens (tertiary/aromatic N) is 2. The lowest BCUT2D eigenvalue weighted by atomic mass is 9.91. The van der Waals surface area contributed by atoms with Crippen LogP contribution < -0.4 is 5.32 Å². The summed E-state index contributed by atoms with van der Waals surface area (Å²) in [7, 11) is 0. The molecule has 0 bridgehead atoms. The van der Waals surface area contributed by atoms with Gasteiger partial charge in [0.25, 0.3) is 0 Å². The zero-order valence-electron chi connectivity index (χ0n) is 13.3. The van der Waals surface area contributed by atoms with E-state index in [1.165, 1.54) is 0 Å². The maximum atomic E-state index is 12.8. The Bertz CT molecular complexity index is 761. The quantitative estimate of drug-likeness (QED) is 0.760. The molecule has 1 atom stereocenters. The van der Waals surface area contributed by atoms with Gasteiger partial charge in [0, 0.05) is 31.3 Å². The SMILES string of the molecule is O=C(NCc1cccnc1)C(Cc1cccnc1)c1ccccc1. The number of carbonyl (C=O) groups excluding carboxylic acids is 1. The number of amides is 1. The smallest absolute Gasteiger partial charge is 0.228 e. The molecule has 0 spiro atoms. The third kappa shape index (κ3) is 4.26. The van der Waals surface area contributed by atoms with E-state index in [1.807, 2.05) is 60.8 Å². The molecule has 2 aromatic heterocycles. The van der Waals surface area contributed by atoms with Crippen LogP contribution in [0, 0.1) is 0 Å². The van der Waals surface area contributed by atoms with Crippen LogP contribution in [0.25, 0.3) is 0 Å². The number of nitrogens with one attached hydrogen (secondary N) is 1. The van der Waals surface area contributed by atoms with Crippen molar-refractivity contribution in [3.63, 3.8) is 0 Å². The van der Waals surface area contributed by atoms with Gasteiger partial charge < -0.3 is 5.32 Å². The molecule has 0 saturated carbocycles. The molecule has 1 N–H and O–H groups in total. The largest absolute Gasteiger partial charge is 0.351 e. The Hall–Kier alpha value is -3.01. The molecule has 4 nitrogen and oxygen atoms in total. The van der Waals surface area contributed by atoms with Gasteiger partial charge in [0.1, 0.15) is 0 Å². The minimum atomic E-state index is -0.243. The predicted molar refractivity (Wildman–Crippen MR) is 93.2 cm³/mol. The molecule has 4 heteroatoms. The maximum Gasteiger partial charge on any atom is 0.228 e. The highest BCUT2D eigenvalue weighted by molar-refractivity contribution is 5.84. The lowest BCUT2D eigenvalue weighted by Crippen LogP contribution is -2.30. The monoisotopic (exact) mass is 317 g/mol. The van der Waals surface area contributed by atoms with E-state index in [0.29, 0.717) is 13.0 Å². The van der Waals surface area contributed by atoms with Gasteiger partial charge in [-0.15, -0.1) is 0 Å². The fourth-order valence-corrected chi connectivity index (χ4v) is 2.62. The average molecular weight is 317 g/mol. The zero-order valence-corrected chi connectivity index (χ0v) is 13.3. The molecule has 0 saturated heterocycles. The zero-order chi connectivity index (χ0) is 16.6. The highest BCUT2D eigenvalue weighted by Crippen LogP contribution is 2.21. The van der Waals surface area contributed by atoms with Crippen LogP contribution >= 0.6 is 0 Å². The minimum absolute atomic E-state index is 0.00825. The van der Waals surface area contributed by atoms with Crippen molar-refractivity contribution < 1.29 is 4.79 Å². The van der Waals surface area contributed by atoms with Crippen LogP contribution in [0.5, 0.6) is 0 Å². The van der Waals surface area contributed by atoms with Crippen molar-refractivity contribution in [1.82, 2.24) is 15.3 Å². The third-order valence-electron chi connectivity index (χ3n) is 3.87. The summed E-state index contributed by atoms with van der Waals surface area (Å²) in [6, 6.07) is 17.6. The van der Waals surface area contributed by atoms with Gasteiger partial charge in [0.05, 0.1) is 5.92 Å². The summed E-state index contributed by atoms with van der Waals surface area (Å²) in [6.45, 7) is 0.475. The molecule has 0 aliphatic heterocycles. The second kappa shape index (κ2) is 8.02. The van der Waals surface area contributed by atoms with Crippen LogP contribution in [0.4, 0.5) is 0 Å². The Morgan fingerprint density at radius 1 is 0.875 bits per heavy atom. The number of hydrogen-bond donors (Lipinski definition) is 1. The molecule has 0 aliphatic rings. The number of pyridine rings is 2. The van der Waals surface area contributed by atoms with Crippen molar-refractivity contribution in [3.8, 4) is 0 Å². The van der Waals surface area contributed by atoms with Crippen LogP contribution in [0.2, 0.25) is 0 Å². The van der Waals surface area contributed by atoms with Gasteiger partial charge in [0.15, 0.2) is 0 Å². The van der Waals surface area contributed by atoms with E-state index in [1.54, 1.807) is 18.6 Å². The molecule has 0 aliphatic carbocycles. The molecule has 0 radical (unpaired) electrons. The molecule has 2 heterocycles. The number of rotatable bonds is 6. The predicted octanol–water partition coefficient (Wildman–Crippen LogP) is 3.12. The Kier molecular flexibility index (Phi) is 5.30. The molecule has 0 fully saturated rings. The third-order valence-corrected chi connectivity index (χ3v) is 3.87. The van der Waals surface area contributed by atoms with E-state index in [9.17, 15) is 4.79 Å². The average Bonchev–Trinajstić information content (AvgIpc) is 2.66. The first kappa shape index (κ1) is 15.9. The van der Waals surface area contributed by atoms with Crippen LogP contribution in [-0.2, 0) is 17.8 Å². The van der Waals surface area contributed by atoms with E-state index >= 15 is 0 Å². The van der Waals surface area contributed by atoms with Gasteiger partial charge in [-0.3, -0.25) is 14.8 Å².